The van der Waals surface area contributed by atoms with Gasteiger partial charge < -0.3 is 11.1 Å². The van der Waals surface area contributed by atoms with Gasteiger partial charge in [-0.05, 0) is 53.4 Å². The number of anilines is 1. The van der Waals surface area contributed by atoms with Crippen LogP contribution in [0.2, 0.25) is 0 Å². The molecule has 92 valence electrons. The zero-order valence-electron chi connectivity index (χ0n) is 9.92. The summed E-state index contributed by atoms with van der Waals surface area (Å²) in [7, 11) is 0. The molecule has 1 saturated carbocycles. The van der Waals surface area contributed by atoms with Crippen LogP contribution in [0.3, 0.4) is 0 Å². The largest absolute Gasteiger partial charge is 0.329 e. The van der Waals surface area contributed by atoms with Crippen molar-refractivity contribution < 1.29 is 4.79 Å². The first kappa shape index (κ1) is 12.6. The van der Waals surface area contributed by atoms with Crippen LogP contribution in [-0.2, 0) is 4.79 Å². The molecule has 0 aliphatic heterocycles. The molecule has 17 heavy (non-hydrogen) atoms. The predicted octanol–water partition coefficient (Wildman–Crippen LogP) is 2.83. The van der Waals surface area contributed by atoms with Gasteiger partial charge in [-0.2, -0.15) is 0 Å². The third-order valence-electron chi connectivity index (χ3n) is 3.55. The molecule has 1 aliphatic carbocycles. The fourth-order valence-corrected chi connectivity index (χ4v) is 2.46. The molecule has 0 atom stereocenters. The van der Waals surface area contributed by atoms with Gasteiger partial charge in [0, 0.05) is 11.0 Å². The Hall–Kier alpha value is -0.870. The van der Waals surface area contributed by atoms with Crippen LogP contribution >= 0.6 is 15.9 Å². The molecule has 1 aromatic rings. The van der Waals surface area contributed by atoms with Crippen LogP contribution in [0.1, 0.15) is 24.8 Å². The number of nitrogens with one attached hydrogen (secondary N) is 1. The third kappa shape index (κ3) is 2.38. The summed E-state index contributed by atoms with van der Waals surface area (Å²) in [5.41, 5.74) is 7.34. The van der Waals surface area contributed by atoms with E-state index in [1.807, 2.05) is 25.1 Å². The van der Waals surface area contributed by atoms with Crippen molar-refractivity contribution in [3.05, 3.63) is 28.2 Å². The number of carbonyl (C=O) groups excluding carboxylic acids is 1. The maximum atomic E-state index is 12.2. The molecule has 3 N–H and O–H groups in total. The summed E-state index contributed by atoms with van der Waals surface area (Å²) in [6.45, 7) is 2.44. The topological polar surface area (TPSA) is 55.1 Å². The molecular formula is C13H17BrN2O. The number of hydrogen-bond donors (Lipinski definition) is 2. The highest BCUT2D eigenvalue weighted by molar-refractivity contribution is 9.10. The Labute approximate surface area is 110 Å². The smallest absolute Gasteiger partial charge is 0.231 e. The highest BCUT2D eigenvalue weighted by Crippen LogP contribution is 2.41. The summed E-state index contributed by atoms with van der Waals surface area (Å²) in [6, 6.07) is 5.91. The van der Waals surface area contributed by atoms with Gasteiger partial charge in [-0.25, -0.2) is 0 Å². The molecule has 1 amide bonds. The van der Waals surface area contributed by atoms with Gasteiger partial charge in [0.05, 0.1) is 11.1 Å². The van der Waals surface area contributed by atoms with Gasteiger partial charge in [0.2, 0.25) is 5.91 Å². The lowest BCUT2D eigenvalue weighted by Gasteiger charge is -2.39. The predicted molar refractivity (Wildman–Crippen MR) is 72.8 cm³/mol. The van der Waals surface area contributed by atoms with E-state index in [4.69, 9.17) is 5.73 Å². The Morgan fingerprint density at radius 3 is 2.76 bits per heavy atom. The molecule has 3 nitrogen and oxygen atoms in total. The minimum atomic E-state index is -0.330. The number of hydrogen-bond acceptors (Lipinski definition) is 2. The molecule has 2 rings (SSSR count). The van der Waals surface area contributed by atoms with Crippen LogP contribution in [0.5, 0.6) is 0 Å². The molecular weight excluding hydrogens is 280 g/mol. The number of halogens is 1. The van der Waals surface area contributed by atoms with Crippen LogP contribution in [0.15, 0.2) is 22.7 Å². The Bertz CT molecular complexity index is 436. The van der Waals surface area contributed by atoms with E-state index in [0.29, 0.717) is 6.54 Å². The minimum absolute atomic E-state index is 0.0533. The first-order valence-corrected chi connectivity index (χ1v) is 6.64. The van der Waals surface area contributed by atoms with Gasteiger partial charge in [-0.15, -0.1) is 0 Å². The van der Waals surface area contributed by atoms with Crippen molar-refractivity contribution in [3.8, 4) is 0 Å². The third-order valence-corrected chi connectivity index (χ3v) is 4.24. The summed E-state index contributed by atoms with van der Waals surface area (Å²) < 4.78 is 0.906. The van der Waals surface area contributed by atoms with Gasteiger partial charge in [-0.3, -0.25) is 4.79 Å². The van der Waals surface area contributed by atoms with Crippen LogP contribution in [-0.4, -0.2) is 12.5 Å². The van der Waals surface area contributed by atoms with E-state index >= 15 is 0 Å². The molecule has 4 heteroatoms. The van der Waals surface area contributed by atoms with Gasteiger partial charge in [-0.1, -0.05) is 12.5 Å². The number of nitrogens with two attached hydrogens (primary N) is 1. The Morgan fingerprint density at radius 1 is 1.53 bits per heavy atom. The average Bonchev–Trinajstić information content (AvgIpc) is 2.23. The monoisotopic (exact) mass is 296 g/mol. The fourth-order valence-electron chi connectivity index (χ4n) is 2.12. The van der Waals surface area contributed by atoms with Crippen molar-refractivity contribution in [2.45, 2.75) is 26.2 Å². The highest BCUT2D eigenvalue weighted by Gasteiger charge is 2.42. The summed E-state index contributed by atoms with van der Waals surface area (Å²) in [5.74, 6) is 0.0533. The zero-order valence-corrected chi connectivity index (χ0v) is 11.5. The summed E-state index contributed by atoms with van der Waals surface area (Å²) in [5, 5.41) is 2.98. The molecule has 1 aliphatic rings. The Morgan fingerprint density at radius 2 is 2.24 bits per heavy atom. The lowest BCUT2D eigenvalue weighted by Crippen LogP contribution is -2.47. The number of aryl methyl sites for hydroxylation is 1. The molecule has 1 fully saturated rings. The van der Waals surface area contributed by atoms with Crippen molar-refractivity contribution >= 4 is 27.5 Å². The van der Waals surface area contributed by atoms with Crippen molar-refractivity contribution in [1.82, 2.24) is 0 Å². The number of benzene rings is 1. The second-order valence-corrected chi connectivity index (χ2v) is 5.63. The maximum Gasteiger partial charge on any atom is 0.231 e. The van der Waals surface area contributed by atoms with E-state index in [9.17, 15) is 4.79 Å². The first-order chi connectivity index (χ1) is 8.07. The van der Waals surface area contributed by atoms with E-state index in [-0.39, 0.29) is 11.3 Å². The standard InChI is InChI=1S/C13H17BrN2O/c1-9-3-4-10(14)11(7-9)16-12(17)13(8-15)5-2-6-13/h3-4,7H,2,5-6,8,15H2,1H3,(H,16,17). The van der Waals surface area contributed by atoms with Gasteiger partial charge in [0.15, 0.2) is 0 Å². The molecule has 0 radical (unpaired) electrons. The number of amides is 1. The lowest BCUT2D eigenvalue weighted by atomic mass is 9.68. The SMILES string of the molecule is Cc1ccc(Br)c(NC(=O)C2(CN)CCC2)c1. The summed E-state index contributed by atoms with van der Waals surface area (Å²) in [4.78, 5) is 12.2. The molecule has 1 aromatic carbocycles. The quantitative estimate of drug-likeness (QED) is 0.901. The fraction of sp³-hybridized carbons (Fsp3) is 0.462. The van der Waals surface area contributed by atoms with Gasteiger partial charge >= 0.3 is 0 Å². The Balaban J connectivity index is 2.15. The summed E-state index contributed by atoms with van der Waals surface area (Å²) in [6.07, 6.45) is 2.90. The Kier molecular flexibility index (Phi) is 3.54. The minimum Gasteiger partial charge on any atom is -0.329 e. The molecule has 0 heterocycles. The van der Waals surface area contributed by atoms with E-state index < -0.39 is 0 Å². The molecule has 0 unspecified atom stereocenters. The van der Waals surface area contributed by atoms with Crippen molar-refractivity contribution in [2.75, 3.05) is 11.9 Å². The lowest BCUT2D eigenvalue weighted by molar-refractivity contribution is -0.129. The second-order valence-electron chi connectivity index (χ2n) is 4.78. The van der Waals surface area contributed by atoms with E-state index in [1.165, 1.54) is 0 Å². The van der Waals surface area contributed by atoms with E-state index in [2.05, 4.69) is 21.2 Å². The van der Waals surface area contributed by atoms with Crippen molar-refractivity contribution in [1.29, 1.82) is 0 Å². The van der Waals surface area contributed by atoms with Gasteiger partial charge in [0.1, 0.15) is 0 Å². The normalized spacial score (nSPS) is 17.4. The average molecular weight is 297 g/mol. The van der Waals surface area contributed by atoms with Crippen molar-refractivity contribution in [2.24, 2.45) is 11.1 Å². The maximum absolute atomic E-state index is 12.2. The van der Waals surface area contributed by atoms with Crippen LogP contribution in [0, 0.1) is 12.3 Å². The van der Waals surface area contributed by atoms with E-state index in [1.54, 1.807) is 0 Å². The zero-order chi connectivity index (χ0) is 12.5. The van der Waals surface area contributed by atoms with E-state index in [0.717, 1.165) is 35.0 Å². The molecule has 0 spiro atoms. The second kappa shape index (κ2) is 4.78. The summed E-state index contributed by atoms with van der Waals surface area (Å²) >= 11 is 3.44. The number of rotatable bonds is 3. The first-order valence-electron chi connectivity index (χ1n) is 5.85. The van der Waals surface area contributed by atoms with Crippen LogP contribution < -0.4 is 11.1 Å². The van der Waals surface area contributed by atoms with Crippen molar-refractivity contribution in [3.63, 3.8) is 0 Å². The molecule has 0 bridgehead atoms. The number of carbonyl (C=O) groups is 1. The molecule has 0 aromatic heterocycles. The highest BCUT2D eigenvalue weighted by atomic mass is 79.9. The van der Waals surface area contributed by atoms with Crippen LogP contribution in [0.4, 0.5) is 5.69 Å². The van der Waals surface area contributed by atoms with Crippen LogP contribution in [0.25, 0.3) is 0 Å². The van der Waals surface area contributed by atoms with Gasteiger partial charge in [0.25, 0.3) is 0 Å². The molecule has 0 saturated heterocycles.